The van der Waals surface area contributed by atoms with Gasteiger partial charge in [-0.2, -0.15) is 0 Å². The molecule has 7 nitrogen and oxygen atoms in total. The number of benzene rings is 4. The Morgan fingerprint density at radius 1 is 0.900 bits per heavy atom. The average Bonchev–Trinajstić information content (AvgIpc) is 3.41. The van der Waals surface area contributed by atoms with Crippen LogP contribution >= 0.6 is 11.8 Å². The van der Waals surface area contributed by atoms with E-state index in [0.29, 0.717) is 28.8 Å². The van der Waals surface area contributed by atoms with Gasteiger partial charge in [0.15, 0.2) is 11.0 Å². The molecule has 0 radical (unpaired) electrons. The highest BCUT2D eigenvalue weighted by Gasteiger charge is 2.24. The highest BCUT2D eigenvalue weighted by molar-refractivity contribution is 7.99. The summed E-state index contributed by atoms with van der Waals surface area (Å²) in [6.45, 7) is 0.771. The molecule has 2 amide bonds. The fraction of sp³-hybridized carbons (Fsp3) is 0.161. The first-order valence-corrected chi connectivity index (χ1v) is 14.0. The third kappa shape index (κ3) is 5.20. The van der Waals surface area contributed by atoms with Gasteiger partial charge in [-0.25, -0.2) is 4.39 Å². The fourth-order valence-electron chi connectivity index (χ4n) is 5.03. The molecule has 2 heterocycles. The number of nitrogens with one attached hydrogen (secondary N) is 1. The number of para-hydroxylation sites is 1. The molecule has 1 aromatic heterocycles. The molecule has 40 heavy (non-hydrogen) atoms. The van der Waals surface area contributed by atoms with E-state index in [9.17, 15) is 14.0 Å². The predicted molar refractivity (Wildman–Crippen MR) is 154 cm³/mol. The monoisotopic (exact) mass is 551 g/mol. The van der Waals surface area contributed by atoms with Crippen LogP contribution in [-0.4, -0.2) is 38.9 Å². The summed E-state index contributed by atoms with van der Waals surface area (Å²) in [6, 6.07) is 27.3. The van der Waals surface area contributed by atoms with Crippen molar-refractivity contribution in [1.29, 1.82) is 0 Å². The number of anilines is 1. The second-order valence-electron chi connectivity index (χ2n) is 9.49. The average molecular weight is 552 g/mol. The largest absolute Gasteiger partial charge is 0.345 e. The molecule has 1 aliphatic heterocycles. The van der Waals surface area contributed by atoms with Crippen molar-refractivity contribution in [3.63, 3.8) is 0 Å². The van der Waals surface area contributed by atoms with Crippen LogP contribution in [0.4, 0.5) is 10.1 Å². The number of hydrogen-bond donors (Lipinski definition) is 1. The van der Waals surface area contributed by atoms with Crippen LogP contribution in [0.1, 0.15) is 28.2 Å². The topological polar surface area (TPSA) is 80.1 Å². The number of hydrogen-bond acceptors (Lipinski definition) is 5. The normalized spacial score (nSPS) is 12.8. The molecule has 0 saturated heterocycles. The Kier molecular flexibility index (Phi) is 7.29. The lowest BCUT2D eigenvalue weighted by molar-refractivity contribution is -0.116. The minimum Gasteiger partial charge on any atom is -0.345 e. The van der Waals surface area contributed by atoms with Crippen LogP contribution in [0.5, 0.6) is 0 Å². The molecule has 200 valence electrons. The number of aromatic nitrogens is 3. The van der Waals surface area contributed by atoms with E-state index in [1.54, 1.807) is 22.8 Å². The number of fused-ring (bicyclic) bond motifs is 2. The molecule has 9 heteroatoms. The number of carbonyl (C=O) groups is 2. The van der Waals surface area contributed by atoms with Gasteiger partial charge >= 0.3 is 0 Å². The first kappa shape index (κ1) is 25.8. The zero-order valence-electron chi connectivity index (χ0n) is 21.6. The molecule has 5 aromatic rings. The van der Waals surface area contributed by atoms with Gasteiger partial charge in [0.1, 0.15) is 5.82 Å². The van der Waals surface area contributed by atoms with Crippen LogP contribution in [0.3, 0.4) is 0 Å². The van der Waals surface area contributed by atoms with Crippen molar-refractivity contribution in [2.75, 3.05) is 17.2 Å². The van der Waals surface area contributed by atoms with Crippen molar-refractivity contribution < 1.29 is 14.0 Å². The molecule has 0 atom stereocenters. The zero-order chi connectivity index (χ0) is 27.5. The van der Waals surface area contributed by atoms with Gasteiger partial charge in [-0.1, -0.05) is 66.4 Å². The third-order valence-electron chi connectivity index (χ3n) is 6.96. The molecule has 4 aromatic carbocycles. The molecule has 6 rings (SSSR count). The van der Waals surface area contributed by atoms with E-state index in [2.05, 4.69) is 21.6 Å². The van der Waals surface area contributed by atoms with Gasteiger partial charge in [-0.05, 0) is 65.6 Å². The molecule has 0 fully saturated rings. The second kappa shape index (κ2) is 11.3. The van der Waals surface area contributed by atoms with E-state index in [0.717, 1.165) is 29.3 Å². The van der Waals surface area contributed by atoms with Crippen LogP contribution in [-0.2, 0) is 17.8 Å². The summed E-state index contributed by atoms with van der Waals surface area (Å²) in [5.41, 5.74) is 3.33. The van der Waals surface area contributed by atoms with Gasteiger partial charge in [-0.3, -0.25) is 14.2 Å². The Labute approximate surface area is 235 Å². The maximum absolute atomic E-state index is 13.7. The summed E-state index contributed by atoms with van der Waals surface area (Å²) < 4.78 is 15.5. The van der Waals surface area contributed by atoms with Crippen molar-refractivity contribution in [3.05, 3.63) is 114 Å². The van der Waals surface area contributed by atoms with E-state index in [-0.39, 0.29) is 29.9 Å². The van der Waals surface area contributed by atoms with Gasteiger partial charge in [0.2, 0.25) is 5.91 Å². The van der Waals surface area contributed by atoms with Crippen LogP contribution in [0.2, 0.25) is 0 Å². The summed E-state index contributed by atoms with van der Waals surface area (Å²) in [6.07, 6.45) is 1.87. The minimum atomic E-state index is -0.365. The molecular formula is C31H26FN5O2S. The molecule has 1 N–H and O–H groups in total. The number of halogens is 1. The molecule has 0 bridgehead atoms. The van der Waals surface area contributed by atoms with E-state index in [1.807, 2.05) is 59.5 Å². The van der Waals surface area contributed by atoms with Crippen LogP contribution in [0.15, 0.2) is 96.2 Å². The molecule has 0 unspecified atom stereocenters. The number of nitrogens with zero attached hydrogens (tertiary/aromatic N) is 4. The summed E-state index contributed by atoms with van der Waals surface area (Å²) in [4.78, 5) is 28.2. The third-order valence-corrected chi connectivity index (χ3v) is 7.88. The first-order chi connectivity index (χ1) is 19.6. The summed E-state index contributed by atoms with van der Waals surface area (Å²) in [7, 11) is 0. The van der Waals surface area contributed by atoms with Crippen LogP contribution < -0.4 is 10.2 Å². The molecule has 0 spiro atoms. The minimum absolute atomic E-state index is 0.0170. The fourth-order valence-corrected chi connectivity index (χ4v) is 5.88. The van der Waals surface area contributed by atoms with Crippen molar-refractivity contribution in [3.8, 4) is 5.69 Å². The van der Waals surface area contributed by atoms with Gasteiger partial charge in [0.25, 0.3) is 5.91 Å². The number of thioether (sulfide) groups is 1. The van der Waals surface area contributed by atoms with Gasteiger partial charge < -0.3 is 10.2 Å². The van der Waals surface area contributed by atoms with Crippen molar-refractivity contribution in [2.24, 2.45) is 0 Å². The maximum Gasteiger partial charge on any atom is 0.252 e. The lowest BCUT2D eigenvalue weighted by atomic mass is 10.0. The Balaban J connectivity index is 1.23. The predicted octanol–water partition coefficient (Wildman–Crippen LogP) is 5.56. The SMILES string of the molecule is O=C(NCc1nnc(SCC(=O)N2CCCc3ccccc32)n1-c1ccc(F)cc1)c1cccc2ccccc12. The number of amides is 2. The lowest BCUT2D eigenvalue weighted by Crippen LogP contribution is -2.36. The first-order valence-electron chi connectivity index (χ1n) is 13.1. The molecular weight excluding hydrogens is 525 g/mol. The zero-order valence-corrected chi connectivity index (χ0v) is 22.4. The molecule has 0 saturated carbocycles. The summed E-state index contributed by atoms with van der Waals surface area (Å²) >= 11 is 1.27. The standard InChI is InChI=1S/C31H26FN5O2S/c32-23-14-16-24(17-15-23)37-28(19-33-30(39)26-12-5-9-21-7-1-3-11-25(21)26)34-35-31(37)40-20-29(38)36-18-6-10-22-8-2-4-13-27(22)36/h1-5,7-9,11-17H,6,10,18-20H2,(H,33,39). The van der Waals surface area contributed by atoms with Crippen molar-refractivity contribution >= 4 is 40.0 Å². The Morgan fingerprint density at radius 3 is 2.55 bits per heavy atom. The molecule has 1 aliphatic rings. The van der Waals surface area contributed by atoms with E-state index in [1.165, 1.54) is 29.5 Å². The van der Waals surface area contributed by atoms with E-state index >= 15 is 0 Å². The van der Waals surface area contributed by atoms with Crippen LogP contribution in [0, 0.1) is 5.82 Å². The van der Waals surface area contributed by atoms with Crippen molar-refractivity contribution in [1.82, 2.24) is 20.1 Å². The second-order valence-corrected chi connectivity index (χ2v) is 10.4. The molecule has 0 aliphatic carbocycles. The smallest absolute Gasteiger partial charge is 0.252 e. The Hall–Kier alpha value is -4.50. The van der Waals surface area contributed by atoms with Gasteiger partial charge in [0.05, 0.1) is 12.3 Å². The quantitative estimate of drug-likeness (QED) is 0.268. The highest BCUT2D eigenvalue weighted by atomic mass is 32.2. The Bertz CT molecular complexity index is 1700. The number of carbonyl (C=O) groups excluding carboxylic acids is 2. The number of rotatable bonds is 7. The Morgan fingerprint density at radius 2 is 1.68 bits per heavy atom. The van der Waals surface area contributed by atoms with Crippen LogP contribution in [0.25, 0.3) is 16.5 Å². The van der Waals surface area contributed by atoms with Crippen molar-refractivity contribution in [2.45, 2.75) is 24.5 Å². The maximum atomic E-state index is 13.7. The summed E-state index contributed by atoms with van der Waals surface area (Å²) in [5.74, 6) is 0.0141. The summed E-state index contributed by atoms with van der Waals surface area (Å²) in [5, 5.41) is 13.9. The number of aryl methyl sites for hydroxylation is 1. The van der Waals surface area contributed by atoms with Gasteiger partial charge in [0, 0.05) is 23.5 Å². The van der Waals surface area contributed by atoms with E-state index in [4.69, 9.17) is 0 Å². The van der Waals surface area contributed by atoms with E-state index < -0.39 is 0 Å². The van der Waals surface area contributed by atoms with Gasteiger partial charge in [-0.15, -0.1) is 10.2 Å². The highest BCUT2D eigenvalue weighted by Crippen LogP contribution is 2.29. The lowest BCUT2D eigenvalue weighted by Gasteiger charge is -2.29.